The maximum Gasteiger partial charge on any atom is 0.248 e. The van der Waals surface area contributed by atoms with Crippen LogP contribution in [-0.4, -0.2) is 27.7 Å². The Labute approximate surface area is 211 Å². The molecule has 0 unspecified atom stereocenters. The summed E-state index contributed by atoms with van der Waals surface area (Å²) in [5.74, 6) is 0.557. The monoisotopic (exact) mass is 483 g/mol. The van der Waals surface area contributed by atoms with Crippen molar-refractivity contribution in [3.8, 4) is 5.75 Å². The first-order chi connectivity index (χ1) is 17.6. The van der Waals surface area contributed by atoms with Gasteiger partial charge in [-0.25, -0.2) is 0 Å². The van der Waals surface area contributed by atoms with Crippen LogP contribution in [0.1, 0.15) is 53.5 Å². The summed E-state index contributed by atoms with van der Waals surface area (Å²) in [5, 5.41) is 15.5. The first kappa shape index (κ1) is 24.2. The fourth-order valence-corrected chi connectivity index (χ4v) is 5.26. The zero-order valence-electron chi connectivity index (χ0n) is 20.9. The van der Waals surface area contributed by atoms with E-state index in [9.17, 15) is 9.90 Å². The SMILES string of the molecule is CCc1cc2c(cc1CC)CC(NC[C@@H](O)c1ccc(OCc3ccccn3)c3[nH]c(=O)ccc13)C2. The Balaban J connectivity index is 1.30. The first-order valence-electron chi connectivity index (χ1n) is 12.8. The number of H-pyrrole nitrogens is 1. The average molecular weight is 484 g/mol. The van der Waals surface area contributed by atoms with Gasteiger partial charge in [0.05, 0.1) is 17.3 Å². The number of benzene rings is 2. The number of aromatic amines is 1. The van der Waals surface area contributed by atoms with Gasteiger partial charge in [-0.1, -0.05) is 38.1 Å². The summed E-state index contributed by atoms with van der Waals surface area (Å²) < 4.78 is 5.98. The lowest BCUT2D eigenvalue weighted by Crippen LogP contribution is -2.33. The van der Waals surface area contributed by atoms with Gasteiger partial charge in [0.1, 0.15) is 12.4 Å². The number of pyridine rings is 2. The van der Waals surface area contributed by atoms with E-state index in [1.54, 1.807) is 12.3 Å². The molecular weight excluding hydrogens is 450 g/mol. The van der Waals surface area contributed by atoms with Crippen LogP contribution in [0.5, 0.6) is 5.75 Å². The van der Waals surface area contributed by atoms with Gasteiger partial charge in [-0.2, -0.15) is 0 Å². The maximum absolute atomic E-state index is 12.1. The van der Waals surface area contributed by atoms with Crippen LogP contribution < -0.4 is 15.6 Å². The van der Waals surface area contributed by atoms with Crippen molar-refractivity contribution in [1.82, 2.24) is 15.3 Å². The minimum atomic E-state index is -0.718. The highest BCUT2D eigenvalue weighted by Crippen LogP contribution is 2.31. The Morgan fingerprint density at radius 2 is 1.81 bits per heavy atom. The highest BCUT2D eigenvalue weighted by Gasteiger charge is 2.24. The minimum absolute atomic E-state index is 0.212. The Hall–Kier alpha value is -3.48. The van der Waals surface area contributed by atoms with E-state index in [0.29, 0.717) is 23.9 Å². The lowest BCUT2D eigenvalue weighted by molar-refractivity contribution is 0.171. The molecule has 36 heavy (non-hydrogen) atoms. The number of aryl methyl sites for hydroxylation is 2. The second-order valence-electron chi connectivity index (χ2n) is 9.50. The molecule has 6 heteroatoms. The average Bonchev–Trinajstić information content (AvgIpc) is 3.31. The normalized spacial score (nSPS) is 14.2. The van der Waals surface area contributed by atoms with Crippen molar-refractivity contribution in [2.45, 2.75) is 58.3 Å². The number of hydrogen-bond donors (Lipinski definition) is 3. The van der Waals surface area contributed by atoms with E-state index in [0.717, 1.165) is 42.3 Å². The molecular formula is C30H33N3O3. The number of rotatable bonds is 9. The molecule has 2 heterocycles. The Morgan fingerprint density at radius 1 is 1.06 bits per heavy atom. The van der Waals surface area contributed by atoms with Gasteiger partial charge in [-0.3, -0.25) is 9.78 Å². The lowest BCUT2D eigenvalue weighted by atomic mass is 9.97. The van der Waals surface area contributed by atoms with E-state index in [2.05, 4.69) is 41.3 Å². The predicted octanol–water partition coefficient (Wildman–Crippen LogP) is 4.42. The quantitative estimate of drug-likeness (QED) is 0.328. The maximum atomic E-state index is 12.1. The fraction of sp³-hybridized carbons (Fsp3) is 0.333. The van der Waals surface area contributed by atoms with Gasteiger partial charge in [-0.15, -0.1) is 0 Å². The minimum Gasteiger partial charge on any atom is -0.485 e. The predicted molar refractivity (Wildman–Crippen MR) is 142 cm³/mol. The fourth-order valence-electron chi connectivity index (χ4n) is 5.26. The summed E-state index contributed by atoms with van der Waals surface area (Å²) in [5.41, 5.74) is 7.68. The molecule has 4 aromatic rings. The van der Waals surface area contributed by atoms with Crippen LogP contribution in [0.25, 0.3) is 10.9 Å². The molecule has 0 saturated heterocycles. The van der Waals surface area contributed by atoms with Crippen molar-refractivity contribution in [1.29, 1.82) is 0 Å². The highest BCUT2D eigenvalue weighted by molar-refractivity contribution is 5.87. The molecule has 0 bridgehead atoms. The smallest absolute Gasteiger partial charge is 0.248 e. The highest BCUT2D eigenvalue weighted by atomic mass is 16.5. The molecule has 186 valence electrons. The largest absolute Gasteiger partial charge is 0.485 e. The Morgan fingerprint density at radius 3 is 2.47 bits per heavy atom. The van der Waals surface area contributed by atoms with Crippen LogP contribution in [0.2, 0.25) is 0 Å². The van der Waals surface area contributed by atoms with Crippen LogP contribution in [0.3, 0.4) is 0 Å². The number of nitrogens with zero attached hydrogens (tertiary/aromatic N) is 1. The standard InChI is InChI=1S/C30H33N3O3/c1-3-19-13-21-15-24(16-22(21)14-20(19)4-2)32-17-27(34)25-8-10-28(30-26(25)9-11-29(35)33-30)36-18-23-7-5-6-12-31-23/h5-14,24,27,32,34H,3-4,15-18H2,1-2H3,(H,33,35)/t27-/m1/s1. The summed E-state index contributed by atoms with van der Waals surface area (Å²) in [6.07, 6.45) is 5.08. The zero-order valence-corrected chi connectivity index (χ0v) is 20.9. The third kappa shape index (κ3) is 5.06. The van der Waals surface area contributed by atoms with Gasteiger partial charge in [0.2, 0.25) is 5.56 Å². The summed E-state index contributed by atoms with van der Waals surface area (Å²) in [7, 11) is 0. The van der Waals surface area contributed by atoms with Gasteiger partial charge in [0, 0.05) is 30.2 Å². The van der Waals surface area contributed by atoms with Gasteiger partial charge in [0.15, 0.2) is 0 Å². The van der Waals surface area contributed by atoms with Crippen LogP contribution in [-0.2, 0) is 32.3 Å². The number of hydrogen-bond acceptors (Lipinski definition) is 5. The van der Waals surface area contributed by atoms with Crippen molar-refractivity contribution in [3.05, 3.63) is 105 Å². The summed E-state index contributed by atoms with van der Waals surface area (Å²) >= 11 is 0. The molecule has 5 rings (SSSR count). The van der Waals surface area contributed by atoms with E-state index < -0.39 is 6.10 Å². The molecule has 1 atom stereocenters. The molecule has 2 aromatic carbocycles. The molecule has 0 aliphatic heterocycles. The molecule has 0 saturated carbocycles. The molecule has 6 nitrogen and oxygen atoms in total. The van der Waals surface area contributed by atoms with Gasteiger partial charge in [-0.05, 0) is 77.8 Å². The van der Waals surface area contributed by atoms with E-state index in [4.69, 9.17) is 4.74 Å². The van der Waals surface area contributed by atoms with Crippen molar-refractivity contribution < 1.29 is 9.84 Å². The van der Waals surface area contributed by atoms with E-state index >= 15 is 0 Å². The molecule has 1 aliphatic carbocycles. The third-order valence-electron chi connectivity index (χ3n) is 7.17. The van der Waals surface area contributed by atoms with Crippen LogP contribution in [0.15, 0.2) is 65.6 Å². The molecule has 0 amide bonds. The van der Waals surface area contributed by atoms with Gasteiger partial charge >= 0.3 is 0 Å². The number of aliphatic hydroxyl groups excluding tert-OH is 1. The lowest BCUT2D eigenvalue weighted by Gasteiger charge is -2.19. The van der Waals surface area contributed by atoms with E-state index in [-0.39, 0.29) is 12.2 Å². The molecule has 1 aliphatic rings. The first-order valence-corrected chi connectivity index (χ1v) is 12.8. The molecule has 3 N–H and O–H groups in total. The van der Waals surface area contributed by atoms with Gasteiger partial charge < -0.3 is 20.1 Å². The number of aliphatic hydroxyl groups is 1. The molecule has 0 fully saturated rings. The summed E-state index contributed by atoms with van der Waals surface area (Å²) in [6, 6.07) is 17.6. The molecule has 0 radical (unpaired) electrons. The Bertz CT molecular complexity index is 1380. The van der Waals surface area contributed by atoms with E-state index in [1.807, 2.05) is 30.3 Å². The second-order valence-corrected chi connectivity index (χ2v) is 9.50. The number of fused-ring (bicyclic) bond motifs is 2. The van der Waals surface area contributed by atoms with E-state index in [1.165, 1.54) is 28.3 Å². The number of ether oxygens (including phenoxy) is 1. The second kappa shape index (κ2) is 10.6. The topological polar surface area (TPSA) is 87.2 Å². The van der Waals surface area contributed by atoms with Crippen molar-refractivity contribution >= 4 is 10.9 Å². The third-order valence-corrected chi connectivity index (χ3v) is 7.17. The van der Waals surface area contributed by atoms with Crippen molar-refractivity contribution in [3.63, 3.8) is 0 Å². The van der Waals surface area contributed by atoms with Crippen LogP contribution in [0, 0.1) is 0 Å². The summed E-state index contributed by atoms with van der Waals surface area (Å²) in [6.45, 7) is 5.16. The number of nitrogens with one attached hydrogen (secondary N) is 2. The van der Waals surface area contributed by atoms with Gasteiger partial charge in [0.25, 0.3) is 0 Å². The van der Waals surface area contributed by atoms with Crippen LogP contribution >= 0.6 is 0 Å². The Kier molecular flexibility index (Phi) is 7.16. The zero-order chi connectivity index (χ0) is 25.1. The van der Waals surface area contributed by atoms with Crippen molar-refractivity contribution in [2.24, 2.45) is 0 Å². The van der Waals surface area contributed by atoms with Crippen LogP contribution in [0.4, 0.5) is 0 Å². The number of aromatic nitrogens is 2. The molecule has 2 aromatic heterocycles. The van der Waals surface area contributed by atoms with Crippen molar-refractivity contribution in [2.75, 3.05) is 6.54 Å². The summed E-state index contributed by atoms with van der Waals surface area (Å²) in [4.78, 5) is 19.3. The molecule has 0 spiro atoms.